The van der Waals surface area contributed by atoms with Crippen molar-refractivity contribution in [2.75, 3.05) is 7.05 Å². The highest BCUT2D eigenvalue weighted by Crippen LogP contribution is 2.18. The molecule has 0 spiro atoms. The first-order valence-corrected chi connectivity index (χ1v) is 6.90. The first kappa shape index (κ1) is 16.2. The van der Waals surface area contributed by atoms with E-state index in [0.29, 0.717) is 17.3 Å². The van der Waals surface area contributed by atoms with Gasteiger partial charge < -0.3 is 10.1 Å². The van der Waals surface area contributed by atoms with E-state index in [-0.39, 0.29) is 5.91 Å². The minimum Gasteiger partial charge on any atom is -0.481 e. The summed E-state index contributed by atoms with van der Waals surface area (Å²) >= 11 is 4.88. The van der Waals surface area contributed by atoms with Crippen LogP contribution in [-0.2, 0) is 4.79 Å². The maximum absolute atomic E-state index is 12.0. The fourth-order valence-electron chi connectivity index (χ4n) is 1.54. The molecule has 110 valence electrons. The van der Waals surface area contributed by atoms with E-state index in [2.05, 4.69) is 16.2 Å². The van der Waals surface area contributed by atoms with Gasteiger partial charge in [-0.2, -0.15) is 0 Å². The second-order valence-corrected chi connectivity index (χ2v) is 4.86. The molecule has 0 fully saturated rings. The molecule has 0 saturated carbocycles. The van der Waals surface area contributed by atoms with Gasteiger partial charge in [0.05, 0.1) is 0 Å². The number of hydrogen-bond donors (Lipinski definition) is 3. The summed E-state index contributed by atoms with van der Waals surface area (Å²) in [6.45, 7) is 5.93. The van der Waals surface area contributed by atoms with Crippen molar-refractivity contribution in [1.29, 1.82) is 0 Å². The topological polar surface area (TPSA) is 62.4 Å². The molecule has 3 N–H and O–H groups in total. The minimum absolute atomic E-state index is 0.261. The number of carbonyl (C=O) groups excluding carboxylic acids is 1. The Kier molecular flexibility index (Phi) is 6.24. The van der Waals surface area contributed by atoms with Gasteiger partial charge >= 0.3 is 0 Å². The van der Waals surface area contributed by atoms with Crippen LogP contribution in [0.3, 0.4) is 0 Å². The monoisotopic (exact) mass is 295 g/mol. The Labute approximate surface area is 125 Å². The Morgan fingerprint density at radius 2 is 2.00 bits per heavy atom. The predicted molar refractivity (Wildman–Crippen MR) is 83.6 cm³/mol. The van der Waals surface area contributed by atoms with Gasteiger partial charge in [0.15, 0.2) is 11.2 Å². The zero-order chi connectivity index (χ0) is 15.1. The number of rotatable bonds is 4. The lowest BCUT2D eigenvalue weighted by Crippen LogP contribution is -2.50. The number of hydrazine groups is 1. The molecule has 0 aromatic heterocycles. The summed E-state index contributed by atoms with van der Waals surface area (Å²) in [5.41, 5.74) is 7.43. The van der Waals surface area contributed by atoms with Crippen molar-refractivity contribution >= 4 is 23.2 Å². The van der Waals surface area contributed by atoms with Crippen LogP contribution in [0.5, 0.6) is 5.75 Å². The van der Waals surface area contributed by atoms with Gasteiger partial charge in [-0.25, -0.2) is 0 Å². The van der Waals surface area contributed by atoms with Crippen molar-refractivity contribution < 1.29 is 9.53 Å². The van der Waals surface area contributed by atoms with Crippen LogP contribution in [0.15, 0.2) is 18.2 Å². The third-order valence-electron chi connectivity index (χ3n) is 2.95. The third kappa shape index (κ3) is 4.70. The molecule has 0 aliphatic heterocycles. The van der Waals surface area contributed by atoms with E-state index in [1.807, 2.05) is 39.0 Å². The fourth-order valence-corrected chi connectivity index (χ4v) is 1.59. The first-order valence-electron chi connectivity index (χ1n) is 6.49. The van der Waals surface area contributed by atoms with Crippen molar-refractivity contribution in [3.8, 4) is 5.75 Å². The van der Waals surface area contributed by atoms with Crippen LogP contribution in [0, 0.1) is 13.8 Å². The van der Waals surface area contributed by atoms with Gasteiger partial charge in [-0.15, -0.1) is 0 Å². The quantitative estimate of drug-likeness (QED) is 0.581. The van der Waals surface area contributed by atoms with Crippen LogP contribution in [0.4, 0.5) is 0 Å². The van der Waals surface area contributed by atoms with Crippen LogP contribution in [0.1, 0.15) is 24.5 Å². The van der Waals surface area contributed by atoms with Gasteiger partial charge in [0, 0.05) is 7.05 Å². The molecular formula is C14H21N3O2S. The molecule has 0 aliphatic rings. The summed E-state index contributed by atoms with van der Waals surface area (Å²) in [5.74, 6) is 0.426. The highest BCUT2D eigenvalue weighted by atomic mass is 32.1. The molecule has 0 saturated heterocycles. The molecule has 1 aromatic rings. The normalized spacial score (nSPS) is 11.4. The summed E-state index contributed by atoms with van der Waals surface area (Å²) < 4.78 is 5.71. The van der Waals surface area contributed by atoms with E-state index in [1.54, 1.807) is 7.05 Å². The third-order valence-corrected chi connectivity index (χ3v) is 3.25. The van der Waals surface area contributed by atoms with Crippen LogP contribution in [0.25, 0.3) is 0 Å². The average Bonchev–Trinajstić information content (AvgIpc) is 2.45. The Bertz CT molecular complexity index is 491. The van der Waals surface area contributed by atoms with E-state index >= 15 is 0 Å². The van der Waals surface area contributed by atoms with Crippen LogP contribution < -0.4 is 20.9 Å². The highest BCUT2D eigenvalue weighted by Gasteiger charge is 2.18. The van der Waals surface area contributed by atoms with Crippen molar-refractivity contribution in [2.24, 2.45) is 0 Å². The molecule has 0 heterocycles. The molecule has 1 aromatic carbocycles. The number of carbonyl (C=O) groups is 1. The summed E-state index contributed by atoms with van der Waals surface area (Å²) in [6.07, 6.45) is -0.00324. The number of thiocarbonyl (C=S) groups is 1. The molecule has 1 rings (SSSR count). The minimum atomic E-state index is -0.565. The molecule has 5 nitrogen and oxygen atoms in total. The van der Waals surface area contributed by atoms with E-state index in [1.165, 1.54) is 5.56 Å². The molecule has 0 radical (unpaired) electrons. The van der Waals surface area contributed by atoms with Crippen LogP contribution in [-0.4, -0.2) is 24.2 Å². The van der Waals surface area contributed by atoms with Gasteiger partial charge in [0.25, 0.3) is 5.91 Å². The van der Waals surface area contributed by atoms with Crippen molar-refractivity contribution in [3.63, 3.8) is 0 Å². The molecule has 6 heteroatoms. The molecular weight excluding hydrogens is 274 g/mol. The summed E-state index contributed by atoms with van der Waals surface area (Å²) in [6, 6.07) is 5.77. The van der Waals surface area contributed by atoms with Crippen LogP contribution >= 0.6 is 12.2 Å². The number of aryl methyl sites for hydroxylation is 2. The van der Waals surface area contributed by atoms with Crippen molar-refractivity contribution in [2.45, 2.75) is 33.3 Å². The summed E-state index contributed by atoms with van der Waals surface area (Å²) in [4.78, 5) is 12.0. The Morgan fingerprint density at radius 3 is 2.55 bits per heavy atom. The molecule has 0 bridgehead atoms. The fraction of sp³-hybridized carbons (Fsp3) is 0.429. The smallest absolute Gasteiger partial charge is 0.279 e. The zero-order valence-corrected chi connectivity index (χ0v) is 13.1. The molecule has 0 unspecified atom stereocenters. The standard InChI is InChI=1S/C14H21N3O2S/c1-5-12(13(18)16-17-14(20)15-4)19-11-7-6-9(2)10(3)8-11/h6-8,12H,5H2,1-4H3,(H,16,18)(H2,15,17,20)/t12-/m0/s1. The summed E-state index contributed by atoms with van der Waals surface area (Å²) in [7, 11) is 1.67. The maximum atomic E-state index is 12.0. The van der Waals surface area contributed by atoms with Crippen molar-refractivity contribution in [3.05, 3.63) is 29.3 Å². The number of amides is 1. The van der Waals surface area contributed by atoms with Gasteiger partial charge in [0.2, 0.25) is 0 Å². The lowest BCUT2D eigenvalue weighted by molar-refractivity contribution is -0.128. The first-order chi connectivity index (χ1) is 9.47. The summed E-state index contributed by atoms with van der Waals surface area (Å²) in [5, 5.41) is 3.05. The van der Waals surface area contributed by atoms with E-state index < -0.39 is 6.10 Å². The second kappa shape index (κ2) is 7.69. The Balaban J connectivity index is 2.63. The van der Waals surface area contributed by atoms with E-state index in [4.69, 9.17) is 17.0 Å². The lowest BCUT2D eigenvalue weighted by Gasteiger charge is -2.18. The Morgan fingerprint density at radius 1 is 1.30 bits per heavy atom. The van der Waals surface area contributed by atoms with Gasteiger partial charge in [0.1, 0.15) is 5.75 Å². The lowest BCUT2D eigenvalue weighted by atomic mass is 10.1. The van der Waals surface area contributed by atoms with E-state index in [0.717, 1.165) is 5.56 Å². The molecule has 1 atom stereocenters. The average molecular weight is 295 g/mol. The predicted octanol–water partition coefficient (Wildman–Crippen LogP) is 1.59. The van der Waals surface area contributed by atoms with Crippen LogP contribution in [0.2, 0.25) is 0 Å². The Hall–Kier alpha value is -1.82. The highest BCUT2D eigenvalue weighted by molar-refractivity contribution is 7.80. The second-order valence-electron chi connectivity index (χ2n) is 4.45. The number of benzene rings is 1. The van der Waals surface area contributed by atoms with Crippen molar-refractivity contribution in [1.82, 2.24) is 16.2 Å². The van der Waals surface area contributed by atoms with Gasteiger partial charge in [-0.3, -0.25) is 15.6 Å². The number of nitrogens with one attached hydrogen (secondary N) is 3. The van der Waals surface area contributed by atoms with E-state index in [9.17, 15) is 4.79 Å². The molecule has 1 amide bonds. The maximum Gasteiger partial charge on any atom is 0.279 e. The largest absolute Gasteiger partial charge is 0.481 e. The number of ether oxygens (including phenoxy) is 1. The number of hydrogen-bond acceptors (Lipinski definition) is 3. The SMILES string of the molecule is CC[C@H](Oc1ccc(C)c(C)c1)C(=O)NNC(=S)NC. The van der Waals surface area contributed by atoms with Gasteiger partial charge in [-0.1, -0.05) is 13.0 Å². The zero-order valence-electron chi connectivity index (χ0n) is 12.2. The molecule has 0 aliphatic carbocycles. The molecule has 20 heavy (non-hydrogen) atoms. The van der Waals surface area contributed by atoms with Gasteiger partial charge in [-0.05, 0) is 55.7 Å².